The number of Topliss-reactive ketones (excluding diaryl/α,β-unsaturated/α-hetero) is 2. The molecular weight excluding hydrogens is 220 g/mol. The van der Waals surface area contributed by atoms with Crippen molar-refractivity contribution in [3.05, 3.63) is 35.4 Å². The van der Waals surface area contributed by atoms with Gasteiger partial charge in [-0.15, -0.1) is 0 Å². The Balaban J connectivity index is 2.36. The summed E-state index contributed by atoms with van der Waals surface area (Å²) < 4.78 is 4.80. The van der Waals surface area contributed by atoms with Crippen LogP contribution in [0.3, 0.4) is 0 Å². The van der Waals surface area contributed by atoms with Crippen molar-refractivity contribution in [2.24, 2.45) is 5.92 Å². The number of benzene rings is 1. The van der Waals surface area contributed by atoms with E-state index in [9.17, 15) is 14.4 Å². The Labute approximate surface area is 98.6 Å². The van der Waals surface area contributed by atoms with Crippen LogP contribution in [0.5, 0.6) is 0 Å². The first-order valence-corrected chi connectivity index (χ1v) is 5.48. The highest BCUT2D eigenvalue weighted by Crippen LogP contribution is 2.26. The molecule has 0 bridgehead atoms. The van der Waals surface area contributed by atoms with Gasteiger partial charge in [-0.2, -0.15) is 0 Å². The maximum atomic E-state index is 12.0. The molecule has 1 aliphatic rings. The molecule has 0 aliphatic heterocycles. The molecule has 0 spiro atoms. The fourth-order valence-corrected chi connectivity index (χ4v) is 1.95. The van der Waals surface area contributed by atoms with Crippen LogP contribution in [-0.2, 0) is 9.53 Å². The molecule has 0 saturated carbocycles. The second-order valence-corrected chi connectivity index (χ2v) is 3.84. The van der Waals surface area contributed by atoms with Gasteiger partial charge in [-0.3, -0.25) is 14.4 Å². The number of hydrogen-bond donors (Lipinski definition) is 0. The van der Waals surface area contributed by atoms with E-state index in [4.69, 9.17) is 4.74 Å². The third kappa shape index (κ3) is 1.98. The van der Waals surface area contributed by atoms with Gasteiger partial charge in [0.05, 0.1) is 6.61 Å². The van der Waals surface area contributed by atoms with Crippen molar-refractivity contribution in [1.82, 2.24) is 0 Å². The first-order valence-electron chi connectivity index (χ1n) is 5.48. The van der Waals surface area contributed by atoms with Gasteiger partial charge in [-0.1, -0.05) is 24.3 Å². The lowest BCUT2D eigenvalue weighted by Gasteiger charge is -2.20. The first kappa shape index (κ1) is 11.5. The Morgan fingerprint density at radius 1 is 1.29 bits per heavy atom. The zero-order valence-corrected chi connectivity index (χ0v) is 9.43. The normalized spacial score (nSPS) is 18.8. The summed E-state index contributed by atoms with van der Waals surface area (Å²) in [5, 5.41) is 0. The van der Waals surface area contributed by atoms with Crippen LogP contribution < -0.4 is 0 Å². The average molecular weight is 232 g/mol. The van der Waals surface area contributed by atoms with Gasteiger partial charge in [0, 0.05) is 17.5 Å². The Morgan fingerprint density at radius 2 is 1.94 bits per heavy atom. The van der Waals surface area contributed by atoms with E-state index in [1.807, 2.05) is 0 Å². The van der Waals surface area contributed by atoms with Crippen molar-refractivity contribution in [1.29, 1.82) is 0 Å². The van der Waals surface area contributed by atoms with Gasteiger partial charge in [-0.05, 0) is 6.92 Å². The molecule has 1 unspecified atom stereocenters. The second kappa shape index (κ2) is 4.49. The van der Waals surface area contributed by atoms with Crippen molar-refractivity contribution in [3.63, 3.8) is 0 Å². The van der Waals surface area contributed by atoms with E-state index >= 15 is 0 Å². The van der Waals surface area contributed by atoms with E-state index in [2.05, 4.69) is 0 Å². The van der Waals surface area contributed by atoms with E-state index in [0.29, 0.717) is 11.1 Å². The van der Waals surface area contributed by atoms with Crippen molar-refractivity contribution < 1.29 is 19.1 Å². The predicted molar refractivity (Wildman–Crippen MR) is 59.8 cm³/mol. The van der Waals surface area contributed by atoms with Crippen molar-refractivity contribution in [3.8, 4) is 0 Å². The molecule has 2 rings (SSSR count). The van der Waals surface area contributed by atoms with Crippen LogP contribution in [0.25, 0.3) is 0 Å². The summed E-state index contributed by atoms with van der Waals surface area (Å²) in [6.45, 7) is 1.87. The monoisotopic (exact) mass is 232 g/mol. The summed E-state index contributed by atoms with van der Waals surface area (Å²) in [5.74, 6) is -2.09. The lowest BCUT2D eigenvalue weighted by molar-refractivity contribution is -0.146. The minimum atomic E-state index is -0.975. The summed E-state index contributed by atoms with van der Waals surface area (Å²) in [4.78, 5) is 35.4. The number of carbonyl (C=O) groups is 3. The van der Waals surface area contributed by atoms with E-state index < -0.39 is 11.9 Å². The molecule has 4 heteroatoms. The van der Waals surface area contributed by atoms with E-state index in [1.165, 1.54) is 0 Å². The highest BCUT2D eigenvalue weighted by Gasteiger charge is 2.37. The smallest absolute Gasteiger partial charge is 0.317 e. The minimum absolute atomic E-state index is 0.0886. The molecule has 88 valence electrons. The fraction of sp³-hybridized carbons (Fsp3) is 0.308. The Bertz CT molecular complexity index is 490. The molecule has 17 heavy (non-hydrogen) atoms. The van der Waals surface area contributed by atoms with Crippen molar-refractivity contribution in [2.45, 2.75) is 13.3 Å². The molecule has 0 fully saturated rings. The van der Waals surface area contributed by atoms with Gasteiger partial charge >= 0.3 is 5.97 Å². The first-order chi connectivity index (χ1) is 8.15. The van der Waals surface area contributed by atoms with Crippen LogP contribution in [0.15, 0.2) is 24.3 Å². The van der Waals surface area contributed by atoms with Gasteiger partial charge in [-0.25, -0.2) is 0 Å². The molecular formula is C13H12O4. The standard InChI is InChI=1S/C13H12O4/c1-2-17-13(16)10-7-11(14)8-5-3-4-6-9(8)12(10)15/h3-6,10H,2,7H2,1H3. The highest BCUT2D eigenvalue weighted by atomic mass is 16.5. The van der Waals surface area contributed by atoms with Crippen molar-refractivity contribution >= 4 is 17.5 Å². The molecule has 1 atom stereocenters. The molecule has 1 aromatic rings. The molecule has 1 aliphatic carbocycles. The van der Waals surface area contributed by atoms with Crippen LogP contribution in [-0.4, -0.2) is 24.1 Å². The summed E-state index contributed by atoms with van der Waals surface area (Å²) in [5.41, 5.74) is 0.722. The average Bonchev–Trinajstić information content (AvgIpc) is 2.34. The van der Waals surface area contributed by atoms with Gasteiger partial charge in [0.15, 0.2) is 11.6 Å². The van der Waals surface area contributed by atoms with Crippen LogP contribution in [0.4, 0.5) is 0 Å². The molecule has 1 aromatic carbocycles. The summed E-state index contributed by atoms with van der Waals surface area (Å²) >= 11 is 0. The predicted octanol–water partition coefficient (Wildman–Crippen LogP) is 1.64. The largest absolute Gasteiger partial charge is 0.465 e. The number of fused-ring (bicyclic) bond motifs is 1. The Hall–Kier alpha value is -1.97. The van der Waals surface area contributed by atoms with Crippen LogP contribution in [0.2, 0.25) is 0 Å². The Kier molecular flexibility index (Phi) is 3.04. The summed E-state index contributed by atoms with van der Waals surface area (Å²) in [6, 6.07) is 6.56. The molecule has 0 amide bonds. The SMILES string of the molecule is CCOC(=O)C1CC(=O)c2ccccc2C1=O. The number of hydrogen-bond acceptors (Lipinski definition) is 4. The zero-order chi connectivity index (χ0) is 12.4. The second-order valence-electron chi connectivity index (χ2n) is 3.84. The Morgan fingerprint density at radius 3 is 2.59 bits per heavy atom. The molecule has 0 aromatic heterocycles. The topological polar surface area (TPSA) is 60.4 Å². The zero-order valence-electron chi connectivity index (χ0n) is 9.43. The van der Waals surface area contributed by atoms with E-state index in [-0.39, 0.29) is 24.6 Å². The van der Waals surface area contributed by atoms with Gasteiger partial charge in [0.1, 0.15) is 5.92 Å². The molecule has 0 saturated heterocycles. The van der Waals surface area contributed by atoms with Crippen LogP contribution in [0.1, 0.15) is 34.1 Å². The van der Waals surface area contributed by atoms with E-state index in [0.717, 1.165) is 0 Å². The van der Waals surface area contributed by atoms with Gasteiger partial charge < -0.3 is 4.74 Å². The quantitative estimate of drug-likeness (QED) is 0.574. The molecule has 0 N–H and O–H groups in total. The fourth-order valence-electron chi connectivity index (χ4n) is 1.95. The number of ketones is 2. The van der Waals surface area contributed by atoms with Gasteiger partial charge in [0.25, 0.3) is 0 Å². The third-order valence-corrected chi connectivity index (χ3v) is 2.77. The minimum Gasteiger partial charge on any atom is -0.465 e. The van der Waals surface area contributed by atoms with E-state index in [1.54, 1.807) is 31.2 Å². The summed E-state index contributed by atoms with van der Waals surface area (Å²) in [7, 11) is 0. The maximum Gasteiger partial charge on any atom is 0.317 e. The number of carbonyl (C=O) groups excluding carboxylic acids is 3. The maximum absolute atomic E-state index is 12.0. The van der Waals surface area contributed by atoms with Gasteiger partial charge in [0.2, 0.25) is 0 Å². The lowest BCUT2D eigenvalue weighted by Crippen LogP contribution is -2.33. The van der Waals surface area contributed by atoms with Crippen LogP contribution in [0, 0.1) is 5.92 Å². The lowest BCUT2D eigenvalue weighted by atomic mass is 9.82. The highest BCUT2D eigenvalue weighted by molar-refractivity contribution is 6.20. The number of rotatable bonds is 2. The molecule has 0 heterocycles. The third-order valence-electron chi connectivity index (χ3n) is 2.77. The summed E-state index contributed by atoms with van der Waals surface area (Å²) in [6.07, 6.45) is -0.0886. The number of ether oxygens (including phenoxy) is 1. The van der Waals surface area contributed by atoms with Crippen molar-refractivity contribution in [2.75, 3.05) is 6.61 Å². The van der Waals surface area contributed by atoms with Crippen LogP contribution >= 0.6 is 0 Å². The number of esters is 1. The molecule has 4 nitrogen and oxygen atoms in total. The molecule has 0 radical (unpaired) electrons.